The van der Waals surface area contributed by atoms with E-state index < -0.39 is 0 Å². The summed E-state index contributed by atoms with van der Waals surface area (Å²) in [6.07, 6.45) is 14.1. The summed E-state index contributed by atoms with van der Waals surface area (Å²) in [5, 5.41) is 10.4. The number of likely N-dealkylation sites (tertiary alicyclic amines) is 3. The third-order valence-electron chi connectivity index (χ3n) is 14.7. The first-order chi connectivity index (χ1) is 36.4. The molecule has 3 heterocycles. The van der Waals surface area contributed by atoms with Crippen molar-refractivity contribution in [2.75, 3.05) is 71.0 Å². The van der Waals surface area contributed by atoms with Gasteiger partial charge in [0, 0.05) is 69.1 Å². The van der Waals surface area contributed by atoms with Crippen molar-refractivity contribution in [2.24, 2.45) is 0 Å². The van der Waals surface area contributed by atoms with E-state index >= 15 is 0 Å². The Hall–Kier alpha value is -5.01. The third kappa shape index (κ3) is 18.6. The van der Waals surface area contributed by atoms with Gasteiger partial charge in [-0.05, 0) is 129 Å². The van der Waals surface area contributed by atoms with Gasteiger partial charge in [0.25, 0.3) is 11.8 Å². The maximum atomic E-state index is 12.3. The predicted molar refractivity (Wildman–Crippen MR) is 319 cm³/mol. The van der Waals surface area contributed by atoms with E-state index in [0.29, 0.717) is 37.8 Å². The van der Waals surface area contributed by atoms with Crippen LogP contribution in [0.15, 0.2) is 144 Å². The fourth-order valence-corrected chi connectivity index (χ4v) is 11.3. The molecular weight excluding hydrogens is 1100 g/mol. The first-order valence-corrected chi connectivity index (χ1v) is 28.7. The molecule has 76 heavy (non-hydrogen) atoms. The van der Waals surface area contributed by atoms with Crippen molar-refractivity contribution >= 4 is 97.5 Å². The lowest BCUT2D eigenvalue weighted by atomic mass is 10.1. The number of rotatable bonds is 14. The van der Waals surface area contributed by atoms with Crippen molar-refractivity contribution in [1.82, 2.24) is 5.32 Å². The van der Waals surface area contributed by atoms with E-state index in [1.54, 1.807) is 42.5 Å². The van der Waals surface area contributed by atoms with Crippen LogP contribution in [0.4, 0.5) is 11.4 Å². The first kappa shape index (κ1) is 58.7. The van der Waals surface area contributed by atoms with Gasteiger partial charge in [-0.3, -0.25) is 14.4 Å². The maximum Gasteiger partial charge on any atom is 0.255 e. The summed E-state index contributed by atoms with van der Waals surface area (Å²) in [5.74, 6) is -0.466. The fraction of sp³-hybridized carbons (Fsp3) is 0.339. The van der Waals surface area contributed by atoms with Crippen LogP contribution < -0.4 is 16.0 Å². The molecule has 0 aromatic heterocycles. The highest BCUT2D eigenvalue weighted by molar-refractivity contribution is 9.10. The van der Waals surface area contributed by atoms with Gasteiger partial charge in [-0.2, -0.15) is 0 Å². The Morgan fingerprint density at radius 3 is 1.25 bits per heavy atom. The second-order valence-electron chi connectivity index (χ2n) is 21.5. The number of nitrogens with zero attached hydrogens (tertiary/aromatic N) is 3. The number of hydrogen-bond acceptors (Lipinski definition) is 3. The molecule has 0 unspecified atom stereocenters. The number of quaternary nitrogens is 3. The Morgan fingerprint density at radius 2 is 0.855 bits per heavy atom. The SMILES string of the molecule is C[N+]1(Cc2ccc(CNC(=O)/C=C/c3cccc(Br)c3)cc2)CCCCC1.C[N+]1(Cc2ccc(NC(=O)c3ccc(Cl)c(Cl)c3)cc2)CCCC1.C[N+]1(Cc2ccc(NC(=O)c3ccc(Cl)c(Cl)c3)cc2)CCCCC1. The average Bonchev–Trinajstić information content (AvgIpc) is 3.84. The highest BCUT2D eigenvalue weighted by atomic mass is 79.9. The molecule has 6 aromatic carbocycles. The quantitative estimate of drug-likeness (QED) is 0.0750. The number of nitrogens with one attached hydrogen (secondary N) is 3. The zero-order valence-electron chi connectivity index (χ0n) is 44.0. The number of benzene rings is 6. The Labute approximate surface area is 479 Å². The smallest absolute Gasteiger partial charge is 0.255 e. The van der Waals surface area contributed by atoms with Gasteiger partial charge in [0.15, 0.2) is 0 Å². The van der Waals surface area contributed by atoms with E-state index in [2.05, 4.69) is 102 Å². The summed E-state index contributed by atoms with van der Waals surface area (Å²) < 4.78 is 4.37. The van der Waals surface area contributed by atoms with Crippen molar-refractivity contribution < 1.29 is 27.8 Å². The van der Waals surface area contributed by atoms with Gasteiger partial charge in [-0.15, -0.1) is 0 Å². The van der Waals surface area contributed by atoms with Crippen molar-refractivity contribution in [2.45, 2.75) is 77.5 Å². The number of anilines is 2. The summed E-state index contributed by atoms with van der Waals surface area (Å²) in [6.45, 7) is 11.3. The van der Waals surface area contributed by atoms with Crippen LogP contribution in [0.3, 0.4) is 0 Å². The average molecular weight is 1170 g/mol. The Balaban J connectivity index is 0.000000166. The van der Waals surface area contributed by atoms with E-state index in [9.17, 15) is 14.4 Å². The molecule has 3 amide bonds. The molecule has 0 bridgehead atoms. The normalized spacial score (nSPS) is 16.3. The number of carbonyl (C=O) groups excluding carboxylic acids is 3. The molecule has 0 aliphatic carbocycles. The van der Waals surface area contributed by atoms with E-state index in [-0.39, 0.29) is 17.7 Å². The third-order valence-corrected chi connectivity index (χ3v) is 16.7. The lowest BCUT2D eigenvalue weighted by molar-refractivity contribution is -0.926. The molecule has 0 atom stereocenters. The summed E-state index contributed by atoms with van der Waals surface area (Å²) in [4.78, 5) is 36.6. The van der Waals surface area contributed by atoms with Gasteiger partial charge in [-0.25, -0.2) is 0 Å². The summed E-state index contributed by atoms with van der Waals surface area (Å²) in [6, 6.07) is 42.5. The van der Waals surface area contributed by atoms with Crippen molar-refractivity contribution in [3.05, 3.63) is 203 Å². The van der Waals surface area contributed by atoms with Gasteiger partial charge in [0.05, 0.1) is 80.5 Å². The fourth-order valence-electron chi connectivity index (χ4n) is 10.3. The minimum Gasteiger partial charge on any atom is -0.348 e. The molecule has 0 radical (unpaired) electrons. The van der Waals surface area contributed by atoms with Crippen LogP contribution in [0, 0.1) is 0 Å². The molecule has 3 fully saturated rings. The largest absolute Gasteiger partial charge is 0.348 e. The van der Waals surface area contributed by atoms with E-state index in [1.807, 2.05) is 54.6 Å². The molecule has 3 saturated heterocycles. The number of amides is 3. The molecule has 0 spiro atoms. The molecule has 14 heteroatoms. The molecular formula is C62H72BrCl4N6O3+3. The molecule has 3 aliphatic rings. The van der Waals surface area contributed by atoms with Crippen LogP contribution in [0.25, 0.3) is 6.08 Å². The Morgan fingerprint density at radius 1 is 0.474 bits per heavy atom. The highest BCUT2D eigenvalue weighted by Gasteiger charge is 2.28. The first-order valence-electron chi connectivity index (χ1n) is 26.4. The zero-order chi connectivity index (χ0) is 54.1. The zero-order valence-corrected chi connectivity index (χ0v) is 48.7. The minimum absolute atomic E-state index is 0.0783. The molecule has 400 valence electrons. The van der Waals surface area contributed by atoms with Gasteiger partial charge < -0.3 is 29.4 Å². The molecule has 6 aromatic rings. The number of carbonyl (C=O) groups is 3. The number of hydrogen-bond donors (Lipinski definition) is 3. The van der Waals surface area contributed by atoms with Crippen molar-refractivity contribution in [3.63, 3.8) is 0 Å². The second kappa shape index (κ2) is 28.0. The van der Waals surface area contributed by atoms with Crippen LogP contribution in [-0.2, 0) is 31.0 Å². The van der Waals surface area contributed by atoms with Crippen molar-refractivity contribution in [1.29, 1.82) is 0 Å². The van der Waals surface area contributed by atoms with Crippen LogP contribution in [0.1, 0.15) is 99.9 Å². The Kier molecular flexibility index (Phi) is 21.6. The molecule has 0 saturated carbocycles. The second-order valence-corrected chi connectivity index (χ2v) is 24.0. The van der Waals surface area contributed by atoms with Gasteiger partial charge >= 0.3 is 0 Å². The number of halogens is 5. The molecule has 9 rings (SSSR count). The van der Waals surface area contributed by atoms with Crippen LogP contribution in [-0.4, -0.2) is 91.6 Å². The van der Waals surface area contributed by atoms with Gasteiger partial charge in [-0.1, -0.05) is 123 Å². The standard InChI is InChI=1S/C23H27BrN2O.C20H22Cl2N2O.C19H20Cl2N2O/c1-26(14-3-2-4-15-26)18-21-10-8-20(9-11-21)17-25-23(27)13-12-19-6-5-7-22(24)16-19;1-24(11-3-2-4-12-24)14-15-5-8-17(9-6-15)23-20(25)16-7-10-18(21)19(22)13-16;1-23(10-2-3-11-23)13-14-4-7-16(8-5-14)22-19(24)15-6-9-17(20)18(21)12-15/h5-13,16H,2-4,14-15,17-18H2,1H3;5-10,13H,2-4,11-12,14H2,1H3;4-9,12H,2-3,10-11,13H2,1H3/p+3/b13-12+;;. The summed E-state index contributed by atoms with van der Waals surface area (Å²) in [7, 11) is 7.01. The molecule has 3 aliphatic heterocycles. The highest BCUT2D eigenvalue weighted by Crippen LogP contribution is 2.27. The lowest BCUT2D eigenvalue weighted by Crippen LogP contribution is -2.46. The Bertz CT molecular complexity index is 2920. The van der Waals surface area contributed by atoms with E-state index in [4.69, 9.17) is 46.4 Å². The predicted octanol–water partition coefficient (Wildman–Crippen LogP) is 15.3. The molecule has 3 N–H and O–H groups in total. The number of piperidine rings is 2. The van der Waals surface area contributed by atoms with Crippen molar-refractivity contribution in [3.8, 4) is 0 Å². The van der Waals surface area contributed by atoms with Crippen LogP contribution in [0.2, 0.25) is 20.1 Å². The van der Waals surface area contributed by atoms with Crippen LogP contribution in [0.5, 0.6) is 0 Å². The lowest BCUT2D eigenvalue weighted by Gasteiger charge is -2.37. The van der Waals surface area contributed by atoms with Gasteiger partial charge in [0.2, 0.25) is 5.91 Å². The minimum atomic E-state index is -0.195. The van der Waals surface area contributed by atoms with Gasteiger partial charge in [0.1, 0.15) is 19.6 Å². The monoisotopic (exact) mass is 1170 g/mol. The van der Waals surface area contributed by atoms with E-state index in [1.165, 1.54) is 107 Å². The van der Waals surface area contributed by atoms with E-state index in [0.717, 1.165) is 60.1 Å². The summed E-state index contributed by atoms with van der Waals surface area (Å²) >= 11 is 27.1. The topological polar surface area (TPSA) is 87.3 Å². The summed E-state index contributed by atoms with van der Waals surface area (Å²) in [5.41, 5.74) is 8.64. The molecule has 9 nitrogen and oxygen atoms in total. The maximum absolute atomic E-state index is 12.3. The van der Waals surface area contributed by atoms with Crippen LogP contribution >= 0.6 is 62.3 Å².